The number of likely N-dealkylation sites (tertiary alicyclic amines) is 1. The van der Waals surface area contributed by atoms with E-state index >= 15 is 0 Å². The van der Waals surface area contributed by atoms with Crippen LogP contribution in [0.5, 0.6) is 0 Å². The van der Waals surface area contributed by atoms with Gasteiger partial charge in [0, 0.05) is 61.3 Å². The summed E-state index contributed by atoms with van der Waals surface area (Å²) in [6, 6.07) is 9.73. The van der Waals surface area contributed by atoms with Crippen LogP contribution in [0.25, 0.3) is 22.1 Å². The van der Waals surface area contributed by atoms with Gasteiger partial charge < -0.3 is 23.9 Å². The van der Waals surface area contributed by atoms with Gasteiger partial charge >= 0.3 is 0 Å². The number of carbonyl (C=O) groups excluding carboxylic acids is 1. The first-order valence-corrected chi connectivity index (χ1v) is 15.8. The monoisotopic (exact) mass is 605 g/mol. The molecule has 3 atom stereocenters. The van der Waals surface area contributed by atoms with E-state index in [0.29, 0.717) is 42.7 Å². The number of halogens is 1. The number of hydrogen-bond acceptors (Lipinski definition) is 7. The molecule has 9 nitrogen and oxygen atoms in total. The van der Waals surface area contributed by atoms with E-state index in [1.54, 1.807) is 6.07 Å². The maximum absolute atomic E-state index is 13.3. The van der Waals surface area contributed by atoms with Crippen LogP contribution in [0.1, 0.15) is 64.3 Å². The van der Waals surface area contributed by atoms with Crippen LogP contribution in [-0.2, 0) is 21.6 Å². The first-order chi connectivity index (χ1) is 20.7. The van der Waals surface area contributed by atoms with Gasteiger partial charge in [-0.15, -0.1) is 0 Å². The average molecular weight is 606 g/mol. The van der Waals surface area contributed by atoms with Crippen LogP contribution in [0, 0.1) is 11.8 Å². The molecular formula is C33H40ClN5O4. The third-order valence-corrected chi connectivity index (χ3v) is 9.73. The number of nitrogens with one attached hydrogen (secondary N) is 1. The molecule has 10 heteroatoms. The van der Waals surface area contributed by atoms with E-state index in [-0.39, 0.29) is 28.7 Å². The van der Waals surface area contributed by atoms with Crippen molar-refractivity contribution < 1.29 is 13.9 Å². The Morgan fingerprint density at radius 1 is 1.23 bits per heavy atom. The lowest BCUT2D eigenvalue weighted by atomic mass is 9.68. The Balaban J connectivity index is 1.03. The predicted molar refractivity (Wildman–Crippen MR) is 169 cm³/mol. The smallest absolute Gasteiger partial charge is 0.251 e. The Morgan fingerprint density at radius 3 is 2.81 bits per heavy atom. The quantitative estimate of drug-likeness (QED) is 0.231. The first-order valence-electron chi connectivity index (χ1n) is 15.4. The number of furan rings is 1. The van der Waals surface area contributed by atoms with Crippen LogP contribution in [0.2, 0.25) is 5.02 Å². The van der Waals surface area contributed by atoms with Gasteiger partial charge in [0.2, 0.25) is 5.91 Å². The number of ether oxygens (including phenoxy) is 1. The Bertz CT molecular complexity index is 1680. The van der Waals surface area contributed by atoms with Crippen molar-refractivity contribution in [2.75, 3.05) is 37.7 Å². The van der Waals surface area contributed by atoms with Crippen LogP contribution in [-0.4, -0.2) is 58.5 Å². The van der Waals surface area contributed by atoms with Crippen molar-refractivity contribution in [3.8, 4) is 0 Å². The molecule has 3 aromatic heterocycles. The van der Waals surface area contributed by atoms with Crippen LogP contribution < -0.4 is 10.5 Å². The number of aromatic amines is 1. The van der Waals surface area contributed by atoms with Gasteiger partial charge in [-0.05, 0) is 56.2 Å². The van der Waals surface area contributed by atoms with Crippen molar-refractivity contribution in [1.29, 1.82) is 0 Å². The third-order valence-electron chi connectivity index (χ3n) is 9.51. The van der Waals surface area contributed by atoms with Crippen LogP contribution >= 0.6 is 11.6 Å². The number of amides is 1. The number of nitrogens with zero attached hydrogens (tertiary/aromatic N) is 4. The molecule has 1 amide bonds. The zero-order chi connectivity index (χ0) is 30.1. The molecule has 2 aliphatic rings. The number of fused-ring (bicyclic) bond motifs is 3. The molecule has 6 rings (SSSR count). The number of anilines is 1. The van der Waals surface area contributed by atoms with E-state index in [1.165, 1.54) is 6.20 Å². The minimum absolute atomic E-state index is 0.109. The van der Waals surface area contributed by atoms with Crippen molar-refractivity contribution >= 4 is 45.4 Å². The standard InChI is InChI=1S/C33H40ClN5O4/c1-21(32(41)39-15-12-33(3,22(2)19-39)25-17-23(34)18-35-31(25)40)9-8-16-42-20-27-36-28-24-10-4-5-11-26(24)43-29(28)30(37-27)38-13-6-7-14-38/h4-5,10-11,17-18,21-22H,6-9,12-16,19-20H2,1-3H3,(H,35,40). The molecule has 2 aliphatic heterocycles. The summed E-state index contributed by atoms with van der Waals surface area (Å²) < 4.78 is 12.2. The molecule has 0 saturated carbocycles. The number of para-hydroxylation sites is 1. The fourth-order valence-electron chi connectivity index (χ4n) is 6.64. The molecule has 5 heterocycles. The van der Waals surface area contributed by atoms with Crippen LogP contribution in [0.3, 0.4) is 0 Å². The molecule has 43 heavy (non-hydrogen) atoms. The molecule has 1 aromatic carbocycles. The van der Waals surface area contributed by atoms with E-state index < -0.39 is 0 Å². The van der Waals surface area contributed by atoms with Gasteiger partial charge in [-0.25, -0.2) is 9.97 Å². The highest BCUT2D eigenvalue weighted by Crippen LogP contribution is 2.39. The van der Waals surface area contributed by atoms with Gasteiger partial charge in [-0.2, -0.15) is 0 Å². The Morgan fingerprint density at radius 2 is 2.02 bits per heavy atom. The molecule has 0 bridgehead atoms. The highest BCUT2D eigenvalue weighted by molar-refractivity contribution is 6.30. The van der Waals surface area contributed by atoms with Crippen LogP contribution in [0.15, 0.2) is 45.7 Å². The minimum Gasteiger partial charge on any atom is -0.450 e. The maximum Gasteiger partial charge on any atom is 0.251 e. The van der Waals surface area contributed by atoms with Crippen molar-refractivity contribution in [3.63, 3.8) is 0 Å². The second-order valence-electron chi connectivity index (χ2n) is 12.4. The number of benzene rings is 1. The summed E-state index contributed by atoms with van der Waals surface area (Å²) in [5, 5.41) is 1.51. The molecule has 0 spiro atoms. The topological polar surface area (TPSA) is 105 Å². The lowest BCUT2D eigenvalue weighted by Gasteiger charge is -2.45. The third kappa shape index (κ3) is 5.89. The fraction of sp³-hybridized carbons (Fsp3) is 0.515. The molecule has 1 N–H and O–H groups in total. The predicted octanol–water partition coefficient (Wildman–Crippen LogP) is 6.08. The zero-order valence-corrected chi connectivity index (χ0v) is 26.0. The van der Waals surface area contributed by atoms with Gasteiger partial charge in [0.1, 0.15) is 17.7 Å². The molecule has 2 fully saturated rings. The van der Waals surface area contributed by atoms with Gasteiger partial charge in [-0.3, -0.25) is 9.59 Å². The molecular weight excluding hydrogens is 566 g/mol. The maximum atomic E-state index is 13.3. The summed E-state index contributed by atoms with van der Waals surface area (Å²) in [4.78, 5) is 42.5. The number of rotatable bonds is 9. The summed E-state index contributed by atoms with van der Waals surface area (Å²) in [7, 11) is 0. The van der Waals surface area contributed by atoms with Crippen LogP contribution in [0.4, 0.5) is 5.82 Å². The normalized spacial score (nSPS) is 21.6. The van der Waals surface area contributed by atoms with E-state index in [0.717, 1.165) is 73.1 Å². The van der Waals surface area contributed by atoms with Gasteiger partial charge in [0.25, 0.3) is 5.56 Å². The van der Waals surface area contributed by atoms with E-state index in [2.05, 4.69) is 23.7 Å². The molecule has 2 saturated heterocycles. The summed E-state index contributed by atoms with van der Waals surface area (Å²) >= 11 is 6.19. The van der Waals surface area contributed by atoms with E-state index in [1.807, 2.05) is 36.1 Å². The lowest BCUT2D eigenvalue weighted by molar-refractivity contribution is -0.138. The number of piperidine rings is 1. The van der Waals surface area contributed by atoms with Crippen molar-refractivity contribution in [1.82, 2.24) is 19.9 Å². The summed E-state index contributed by atoms with van der Waals surface area (Å²) in [5.74, 6) is 1.67. The number of hydrogen-bond donors (Lipinski definition) is 1. The number of carbonyl (C=O) groups is 1. The first kappa shape index (κ1) is 29.6. The van der Waals surface area contributed by atoms with Crippen molar-refractivity contribution in [2.45, 2.75) is 64.9 Å². The largest absolute Gasteiger partial charge is 0.450 e. The Labute approximate surface area is 256 Å². The second-order valence-corrected chi connectivity index (χ2v) is 12.9. The zero-order valence-electron chi connectivity index (χ0n) is 25.2. The average Bonchev–Trinajstić information content (AvgIpc) is 3.67. The van der Waals surface area contributed by atoms with E-state index in [9.17, 15) is 9.59 Å². The highest BCUT2D eigenvalue weighted by atomic mass is 35.5. The number of aromatic nitrogens is 3. The fourth-order valence-corrected chi connectivity index (χ4v) is 6.80. The van der Waals surface area contributed by atoms with Gasteiger partial charge in [-0.1, -0.05) is 44.5 Å². The van der Waals surface area contributed by atoms with E-state index in [4.69, 9.17) is 30.7 Å². The summed E-state index contributed by atoms with van der Waals surface area (Å²) in [6.07, 6.45) is 6.03. The minimum atomic E-state index is -0.338. The second kappa shape index (κ2) is 12.3. The van der Waals surface area contributed by atoms with Crippen molar-refractivity contribution in [3.05, 3.63) is 63.3 Å². The lowest BCUT2D eigenvalue weighted by Crippen LogP contribution is -2.52. The van der Waals surface area contributed by atoms with Crippen molar-refractivity contribution in [2.24, 2.45) is 11.8 Å². The molecule has 228 valence electrons. The SMILES string of the molecule is CC(CCCOCc1nc(N2CCCC2)c2oc3ccccc3c2n1)C(=O)N1CCC(C)(c2cc(Cl)c[nH]c2=O)C(C)C1. The Hall–Kier alpha value is -3.43. The molecule has 0 radical (unpaired) electrons. The van der Waals surface area contributed by atoms with Gasteiger partial charge in [0.15, 0.2) is 17.2 Å². The molecule has 3 unspecified atom stereocenters. The molecule has 4 aromatic rings. The molecule has 0 aliphatic carbocycles. The van der Waals surface area contributed by atoms with Gasteiger partial charge in [0.05, 0.1) is 5.02 Å². The summed E-state index contributed by atoms with van der Waals surface area (Å²) in [5.41, 5.74) is 2.64. The Kier molecular flexibility index (Phi) is 8.47. The summed E-state index contributed by atoms with van der Waals surface area (Å²) in [6.45, 7) is 10.2. The number of pyridine rings is 1. The highest BCUT2D eigenvalue weighted by Gasteiger charge is 2.41. The number of H-pyrrole nitrogens is 1.